The van der Waals surface area contributed by atoms with Crippen LogP contribution in [0.3, 0.4) is 0 Å². The molecule has 1 aliphatic heterocycles. The SMILES string of the molecule is CCCCCC1N[C@H](CC)CO1. The fourth-order valence-corrected chi connectivity index (χ4v) is 1.57. The van der Waals surface area contributed by atoms with Gasteiger partial charge in [0.05, 0.1) is 6.61 Å². The zero-order valence-corrected chi connectivity index (χ0v) is 8.31. The van der Waals surface area contributed by atoms with E-state index in [2.05, 4.69) is 19.2 Å². The molecule has 1 fully saturated rings. The Morgan fingerprint density at radius 2 is 2.17 bits per heavy atom. The first-order chi connectivity index (χ1) is 5.86. The summed E-state index contributed by atoms with van der Waals surface area (Å²) in [6.07, 6.45) is 6.64. The van der Waals surface area contributed by atoms with Crippen LogP contribution >= 0.6 is 0 Å². The van der Waals surface area contributed by atoms with Crippen molar-refractivity contribution in [2.75, 3.05) is 6.61 Å². The minimum absolute atomic E-state index is 0.349. The average molecular weight is 171 g/mol. The zero-order chi connectivity index (χ0) is 8.81. The lowest BCUT2D eigenvalue weighted by atomic mass is 10.2. The van der Waals surface area contributed by atoms with Crippen LogP contribution in [0.25, 0.3) is 0 Å². The Labute approximate surface area is 75.7 Å². The molecule has 1 N–H and O–H groups in total. The highest BCUT2D eigenvalue weighted by Gasteiger charge is 2.21. The molecule has 0 saturated carbocycles. The molecule has 2 atom stereocenters. The van der Waals surface area contributed by atoms with Crippen LogP contribution in [0.2, 0.25) is 0 Å². The van der Waals surface area contributed by atoms with Crippen LogP contribution in [0.15, 0.2) is 0 Å². The lowest BCUT2D eigenvalue weighted by molar-refractivity contribution is 0.0910. The van der Waals surface area contributed by atoms with E-state index in [9.17, 15) is 0 Å². The van der Waals surface area contributed by atoms with Gasteiger partial charge in [0.25, 0.3) is 0 Å². The first-order valence-corrected chi connectivity index (χ1v) is 5.24. The molecule has 0 aromatic rings. The number of unbranched alkanes of at least 4 members (excludes halogenated alkanes) is 2. The molecule has 12 heavy (non-hydrogen) atoms. The Kier molecular flexibility index (Phi) is 4.62. The smallest absolute Gasteiger partial charge is 0.108 e. The molecule has 1 rings (SSSR count). The third-order valence-corrected chi connectivity index (χ3v) is 2.48. The highest BCUT2D eigenvalue weighted by molar-refractivity contribution is 4.73. The molecule has 0 amide bonds. The predicted molar refractivity (Wildman–Crippen MR) is 51.1 cm³/mol. The van der Waals surface area contributed by atoms with Crippen molar-refractivity contribution < 1.29 is 4.74 Å². The van der Waals surface area contributed by atoms with E-state index >= 15 is 0 Å². The quantitative estimate of drug-likeness (QED) is 0.641. The van der Waals surface area contributed by atoms with Crippen molar-refractivity contribution in [2.45, 2.75) is 58.2 Å². The van der Waals surface area contributed by atoms with Gasteiger partial charge in [-0.25, -0.2) is 0 Å². The molecule has 0 spiro atoms. The Morgan fingerprint density at radius 1 is 1.33 bits per heavy atom. The van der Waals surface area contributed by atoms with Gasteiger partial charge < -0.3 is 4.74 Å². The van der Waals surface area contributed by atoms with Crippen molar-refractivity contribution in [1.82, 2.24) is 5.32 Å². The van der Waals surface area contributed by atoms with Crippen LogP contribution in [-0.2, 0) is 4.74 Å². The van der Waals surface area contributed by atoms with Crippen molar-refractivity contribution >= 4 is 0 Å². The summed E-state index contributed by atoms with van der Waals surface area (Å²) < 4.78 is 5.59. The summed E-state index contributed by atoms with van der Waals surface area (Å²) in [4.78, 5) is 0. The molecule has 1 heterocycles. The first kappa shape index (κ1) is 10.0. The van der Waals surface area contributed by atoms with E-state index in [4.69, 9.17) is 4.74 Å². The number of nitrogens with one attached hydrogen (secondary N) is 1. The van der Waals surface area contributed by atoms with Crippen LogP contribution < -0.4 is 5.32 Å². The summed E-state index contributed by atoms with van der Waals surface area (Å²) in [6.45, 7) is 5.35. The fraction of sp³-hybridized carbons (Fsp3) is 1.00. The minimum atomic E-state index is 0.349. The molecule has 0 aliphatic carbocycles. The number of hydrogen-bond donors (Lipinski definition) is 1. The summed E-state index contributed by atoms with van der Waals surface area (Å²) in [7, 11) is 0. The van der Waals surface area contributed by atoms with Gasteiger partial charge in [-0.3, -0.25) is 5.32 Å². The third kappa shape index (κ3) is 3.11. The summed E-state index contributed by atoms with van der Waals surface area (Å²) >= 11 is 0. The topological polar surface area (TPSA) is 21.3 Å². The van der Waals surface area contributed by atoms with E-state index in [1.54, 1.807) is 0 Å². The van der Waals surface area contributed by atoms with Gasteiger partial charge in [0, 0.05) is 6.04 Å². The Hall–Kier alpha value is -0.0800. The molecule has 0 bridgehead atoms. The van der Waals surface area contributed by atoms with E-state index in [0.717, 1.165) is 6.61 Å². The van der Waals surface area contributed by atoms with Gasteiger partial charge in [0.15, 0.2) is 0 Å². The van der Waals surface area contributed by atoms with E-state index < -0.39 is 0 Å². The maximum atomic E-state index is 5.59. The molecule has 1 saturated heterocycles. The Bertz CT molecular complexity index is 116. The Morgan fingerprint density at radius 3 is 2.75 bits per heavy atom. The molecular weight excluding hydrogens is 150 g/mol. The molecular formula is C10H21NO. The van der Waals surface area contributed by atoms with E-state index in [1.165, 1.54) is 32.1 Å². The second-order valence-corrected chi connectivity index (χ2v) is 3.59. The van der Waals surface area contributed by atoms with Gasteiger partial charge in [-0.05, 0) is 19.3 Å². The molecule has 0 aromatic heterocycles. The summed E-state index contributed by atoms with van der Waals surface area (Å²) in [5.74, 6) is 0. The molecule has 2 nitrogen and oxygen atoms in total. The van der Waals surface area contributed by atoms with Gasteiger partial charge >= 0.3 is 0 Å². The molecule has 0 radical (unpaired) electrons. The highest BCUT2D eigenvalue weighted by atomic mass is 16.5. The zero-order valence-electron chi connectivity index (χ0n) is 8.31. The van der Waals surface area contributed by atoms with Crippen molar-refractivity contribution in [3.8, 4) is 0 Å². The lowest BCUT2D eigenvalue weighted by Gasteiger charge is -2.10. The van der Waals surface area contributed by atoms with Gasteiger partial charge in [0.2, 0.25) is 0 Å². The number of hydrogen-bond acceptors (Lipinski definition) is 2. The molecule has 72 valence electrons. The van der Waals surface area contributed by atoms with Crippen LogP contribution in [0.5, 0.6) is 0 Å². The summed E-state index contributed by atoms with van der Waals surface area (Å²) in [5.41, 5.74) is 0. The highest BCUT2D eigenvalue weighted by Crippen LogP contribution is 2.12. The third-order valence-electron chi connectivity index (χ3n) is 2.48. The second-order valence-electron chi connectivity index (χ2n) is 3.59. The van der Waals surface area contributed by atoms with E-state index in [-0.39, 0.29) is 0 Å². The van der Waals surface area contributed by atoms with Crippen molar-refractivity contribution in [2.24, 2.45) is 0 Å². The fourth-order valence-electron chi connectivity index (χ4n) is 1.57. The van der Waals surface area contributed by atoms with Crippen LogP contribution in [0, 0.1) is 0 Å². The van der Waals surface area contributed by atoms with Crippen molar-refractivity contribution in [1.29, 1.82) is 0 Å². The molecule has 1 unspecified atom stereocenters. The van der Waals surface area contributed by atoms with Gasteiger partial charge in [-0.2, -0.15) is 0 Å². The normalized spacial score (nSPS) is 29.5. The van der Waals surface area contributed by atoms with Gasteiger partial charge in [-0.1, -0.05) is 26.7 Å². The average Bonchev–Trinajstić information content (AvgIpc) is 2.53. The van der Waals surface area contributed by atoms with E-state index in [0.29, 0.717) is 12.3 Å². The Balaban J connectivity index is 2.03. The van der Waals surface area contributed by atoms with Crippen LogP contribution in [0.4, 0.5) is 0 Å². The standard InChI is InChI=1S/C10H21NO/c1-3-5-6-7-10-11-9(4-2)8-12-10/h9-11H,3-8H2,1-2H3/t9-,10?/m1/s1. The summed E-state index contributed by atoms with van der Waals surface area (Å²) in [5, 5.41) is 3.48. The number of rotatable bonds is 5. The summed E-state index contributed by atoms with van der Waals surface area (Å²) in [6, 6.07) is 0.608. The van der Waals surface area contributed by atoms with Gasteiger partial charge in [-0.15, -0.1) is 0 Å². The maximum Gasteiger partial charge on any atom is 0.108 e. The number of ether oxygens (including phenoxy) is 1. The maximum absolute atomic E-state index is 5.59. The predicted octanol–water partition coefficient (Wildman–Crippen LogP) is 2.29. The monoisotopic (exact) mass is 171 g/mol. The second kappa shape index (κ2) is 5.55. The largest absolute Gasteiger partial charge is 0.362 e. The molecule has 1 aliphatic rings. The first-order valence-electron chi connectivity index (χ1n) is 5.24. The van der Waals surface area contributed by atoms with Crippen molar-refractivity contribution in [3.05, 3.63) is 0 Å². The molecule has 0 aromatic carbocycles. The lowest BCUT2D eigenvalue weighted by Crippen LogP contribution is -2.29. The van der Waals surface area contributed by atoms with Crippen molar-refractivity contribution in [3.63, 3.8) is 0 Å². The minimum Gasteiger partial charge on any atom is -0.362 e. The van der Waals surface area contributed by atoms with E-state index in [1.807, 2.05) is 0 Å². The molecule has 2 heteroatoms. The van der Waals surface area contributed by atoms with Gasteiger partial charge in [0.1, 0.15) is 6.23 Å². The van der Waals surface area contributed by atoms with Crippen LogP contribution in [0.1, 0.15) is 46.0 Å². The van der Waals surface area contributed by atoms with Crippen LogP contribution in [-0.4, -0.2) is 18.9 Å².